The summed E-state index contributed by atoms with van der Waals surface area (Å²) in [7, 11) is 0. The minimum Gasteiger partial charge on any atom is -0.166 e. The van der Waals surface area contributed by atoms with Gasteiger partial charge in [-0.2, -0.15) is 13.2 Å². The summed E-state index contributed by atoms with van der Waals surface area (Å²) in [6, 6.07) is 5.46. The summed E-state index contributed by atoms with van der Waals surface area (Å²) in [5, 5.41) is 6.35. The SMILES string of the molecule is FC(F)(F)C1(c2cccc(Cl)c2)N=N1. The van der Waals surface area contributed by atoms with Crippen LogP contribution in [0.25, 0.3) is 0 Å². The maximum Gasteiger partial charge on any atom is 0.442 e. The van der Waals surface area contributed by atoms with Gasteiger partial charge in [0, 0.05) is 10.6 Å². The Morgan fingerprint density at radius 2 is 1.86 bits per heavy atom. The van der Waals surface area contributed by atoms with Crippen LogP contribution in [-0.2, 0) is 5.66 Å². The molecule has 0 bridgehead atoms. The van der Waals surface area contributed by atoms with Gasteiger partial charge in [-0.1, -0.05) is 23.7 Å². The van der Waals surface area contributed by atoms with E-state index in [0.717, 1.165) is 0 Å². The maximum absolute atomic E-state index is 12.5. The molecular formula is C8H4ClF3N2. The lowest BCUT2D eigenvalue weighted by Gasteiger charge is -2.14. The number of nitrogens with zero attached hydrogens (tertiary/aromatic N) is 2. The first-order valence-corrected chi connectivity index (χ1v) is 4.10. The van der Waals surface area contributed by atoms with E-state index in [1.54, 1.807) is 0 Å². The molecule has 1 aliphatic heterocycles. The highest BCUT2D eigenvalue weighted by atomic mass is 35.5. The summed E-state index contributed by atoms with van der Waals surface area (Å²) in [4.78, 5) is 0. The topological polar surface area (TPSA) is 24.7 Å². The Kier molecular flexibility index (Phi) is 1.82. The molecule has 0 N–H and O–H groups in total. The Hall–Kier alpha value is -1.10. The smallest absolute Gasteiger partial charge is 0.166 e. The van der Waals surface area contributed by atoms with Gasteiger partial charge in [-0.25, -0.2) is 0 Å². The summed E-state index contributed by atoms with van der Waals surface area (Å²) in [6.07, 6.45) is -4.49. The van der Waals surface area contributed by atoms with Crippen LogP contribution in [0.15, 0.2) is 34.5 Å². The maximum atomic E-state index is 12.5. The monoisotopic (exact) mass is 220 g/mol. The predicted molar refractivity (Wildman–Crippen MR) is 44.0 cm³/mol. The van der Waals surface area contributed by atoms with Crippen molar-refractivity contribution in [3.8, 4) is 0 Å². The van der Waals surface area contributed by atoms with E-state index in [1.165, 1.54) is 24.3 Å². The van der Waals surface area contributed by atoms with Crippen LogP contribution in [0.4, 0.5) is 13.2 Å². The minimum atomic E-state index is -4.49. The van der Waals surface area contributed by atoms with Crippen molar-refractivity contribution < 1.29 is 13.2 Å². The summed E-state index contributed by atoms with van der Waals surface area (Å²) >= 11 is 5.58. The summed E-state index contributed by atoms with van der Waals surface area (Å²) in [6.45, 7) is 0. The van der Waals surface area contributed by atoms with Crippen molar-refractivity contribution in [2.75, 3.05) is 0 Å². The number of rotatable bonds is 1. The Morgan fingerprint density at radius 1 is 1.21 bits per heavy atom. The lowest BCUT2D eigenvalue weighted by atomic mass is 10.0. The fraction of sp³-hybridized carbons (Fsp3) is 0.250. The molecule has 0 atom stereocenters. The second kappa shape index (κ2) is 2.70. The van der Waals surface area contributed by atoms with E-state index in [2.05, 4.69) is 10.2 Å². The van der Waals surface area contributed by atoms with E-state index in [-0.39, 0.29) is 10.6 Å². The molecule has 0 fully saturated rings. The largest absolute Gasteiger partial charge is 0.442 e. The first-order valence-electron chi connectivity index (χ1n) is 3.72. The molecular weight excluding hydrogens is 217 g/mol. The Balaban J connectivity index is 2.41. The normalized spacial score (nSPS) is 18.3. The molecule has 2 rings (SSSR count). The molecule has 1 heterocycles. The number of hydrogen-bond acceptors (Lipinski definition) is 2. The Bertz CT molecular complexity index is 394. The molecule has 0 aliphatic carbocycles. The highest BCUT2D eigenvalue weighted by molar-refractivity contribution is 6.30. The highest BCUT2D eigenvalue weighted by Crippen LogP contribution is 2.52. The quantitative estimate of drug-likeness (QED) is 0.692. The molecule has 0 aromatic heterocycles. The van der Waals surface area contributed by atoms with Crippen LogP contribution in [0.3, 0.4) is 0 Å². The van der Waals surface area contributed by atoms with Crippen molar-refractivity contribution in [3.05, 3.63) is 34.9 Å². The molecule has 14 heavy (non-hydrogen) atoms. The second-order valence-corrected chi connectivity index (χ2v) is 3.32. The lowest BCUT2D eigenvalue weighted by molar-refractivity contribution is -0.166. The predicted octanol–water partition coefficient (Wildman–Crippen LogP) is 3.52. The average Bonchev–Trinajstić information content (AvgIpc) is 2.82. The van der Waals surface area contributed by atoms with Crippen molar-refractivity contribution >= 4 is 11.6 Å². The van der Waals surface area contributed by atoms with Crippen LogP contribution in [0.2, 0.25) is 5.02 Å². The molecule has 0 unspecified atom stereocenters. The fourth-order valence-electron chi connectivity index (χ4n) is 1.15. The zero-order chi connectivity index (χ0) is 10.4. The molecule has 6 heteroatoms. The molecule has 0 saturated carbocycles. The van der Waals surface area contributed by atoms with Gasteiger partial charge in [-0.05, 0) is 12.1 Å². The first-order chi connectivity index (χ1) is 6.46. The fourth-order valence-corrected chi connectivity index (χ4v) is 1.34. The van der Waals surface area contributed by atoms with E-state index in [1.807, 2.05) is 0 Å². The molecule has 1 aliphatic rings. The number of halogens is 4. The van der Waals surface area contributed by atoms with E-state index < -0.39 is 11.8 Å². The third kappa shape index (κ3) is 1.28. The molecule has 0 saturated heterocycles. The van der Waals surface area contributed by atoms with Gasteiger partial charge in [-0.15, -0.1) is 10.2 Å². The van der Waals surface area contributed by atoms with E-state index >= 15 is 0 Å². The standard InChI is InChI=1S/C8H4ClF3N2/c9-6-3-1-2-5(4-6)7(13-14-7)8(10,11)12/h1-4H. The van der Waals surface area contributed by atoms with Crippen LogP contribution >= 0.6 is 11.6 Å². The van der Waals surface area contributed by atoms with Crippen LogP contribution in [0.5, 0.6) is 0 Å². The van der Waals surface area contributed by atoms with Gasteiger partial charge in [0.15, 0.2) is 0 Å². The van der Waals surface area contributed by atoms with Crippen molar-refractivity contribution in [3.63, 3.8) is 0 Å². The highest BCUT2D eigenvalue weighted by Gasteiger charge is 2.65. The van der Waals surface area contributed by atoms with Gasteiger partial charge in [0.1, 0.15) is 0 Å². The van der Waals surface area contributed by atoms with Crippen molar-refractivity contribution in [1.29, 1.82) is 0 Å². The number of alkyl halides is 3. The first kappa shape index (κ1) is 9.45. The van der Waals surface area contributed by atoms with E-state index in [4.69, 9.17) is 11.6 Å². The zero-order valence-corrected chi connectivity index (χ0v) is 7.47. The van der Waals surface area contributed by atoms with Crippen LogP contribution < -0.4 is 0 Å². The molecule has 0 spiro atoms. The molecule has 74 valence electrons. The van der Waals surface area contributed by atoms with Crippen molar-refractivity contribution in [2.45, 2.75) is 11.8 Å². The number of benzene rings is 1. The van der Waals surface area contributed by atoms with Gasteiger partial charge >= 0.3 is 11.8 Å². The van der Waals surface area contributed by atoms with Gasteiger partial charge in [0.05, 0.1) is 0 Å². The Labute approximate surface area is 82.4 Å². The van der Waals surface area contributed by atoms with Gasteiger partial charge in [0.25, 0.3) is 0 Å². The summed E-state index contributed by atoms with van der Waals surface area (Å²) in [5.74, 6) is 0. The van der Waals surface area contributed by atoms with E-state index in [9.17, 15) is 13.2 Å². The van der Waals surface area contributed by atoms with Crippen LogP contribution in [-0.4, -0.2) is 6.18 Å². The van der Waals surface area contributed by atoms with Crippen molar-refractivity contribution in [1.82, 2.24) is 0 Å². The molecule has 0 amide bonds. The lowest BCUT2D eigenvalue weighted by Crippen LogP contribution is -2.29. The third-order valence-corrected chi connectivity index (χ3v) is 2.16. The zero-order valence-electron chi connectivity index (χ0n) is 6.72. The number of hydrogen-bond donors (Lipinski definition) is 0. The average molecular weight is 221 g/mol. The Morgan fingerprint density at radius 3 is 2.29 bits per heavy atom. The van der Waals surface area contributed by atoms with Crippen LogP contribution in [0.1, 0.15) is 5.56 Å². The summed E-state index contributed by atoms with van der Waals surface area (Å²) < 4.78 is 37.4. The molecule has 2 nitrogen and oxygen atoms in total. The van der Waals surface area contributed by atoms with Gasteiger partial charge in [0.2, 0.25) is 0 Å². The second-order valence-electron chi connectivity index (χ2n) is 2.88. The van der Waals surface area contributed by atoms with Gasteiger partial charge in [-0.3, -0.25) is 0 Å². The molecule has 1 aromatic rings. The molecule has 0 radical (unpaired) electrons. The summed E-state index contributed by atoms with van der Waals surface area (Å²) in [5.41, 5.74) is -2.41. The van der Waals surface area contributed by atoms with E-state index in [0.29, 0.717) is 0 Å². The van der Waals surface area contributed by atoms with Gasteiger partial charge < -0.3 is 0 Å². The van der Waals surface area contributed by atoms with Crippen LogP contribution in [0, 0.1) is 0 Å². The third-order valence-electron chi connectivity index (χ3n) is 1.92. The van der Waals surface area contributed by atoms with Crippen molar-refractivity contribution in [2.24, 2.45) is 10.2 Å². The molecule has 1 aromatic carbocycles. The minimum absolute atomic E-state index is 0.0440.